The highest BCUT2D eigenvalue weighted by atomic mass is 32.2. The Bertz CT molecular complexity index is 487. The number of sulfone groups is 1. The Balaban J connectivity index is 2.37. The molecule has 1 aliphatic carbocycles. The lowest BCUT2D eigenvalue weighted by molar-refractivity contribution is 0.194. The van der Waals surface area contributed by atoms with Gasteiger partial charge in [-0.2, -0.15) is 0 Å². The van der Waals surface area contributed by atoms with Crippen molar-refractivity contribution >= 4 is 9.84 Å². The number of hydrogen-bond acceptors (Lipinski definition) is 3. The molecule has 2 rings (SSSR count). The van der Waals surface area contributed by atoms with Crippen LogP contribution in [0.15, 0.2) is 29.2 Å². The fourth-order valence-electron chi connectivity index (χ4n) is 2.13. The molecule has 0 bridgehead atoms. The number of hydrogen-bond donors (Lipinski definition) is 1. The molecule has 0 spiro atoms. The summed E-state index contributed by atoms with van der Waals surface area (Å²) in [6, 6.07) is 7.01. The summed E-state index contributed by atoms with van der Waals surface area (Å²) in [5.41, 5.74) is 0.731. The van der Waals surface area contributed by atoms with Crippen LogP contribution in [0, 0.1) is 0 Å². The second-order valence-electron chi connectivity index (χ2n) is 4.76. The van der Waals surface area contributed by atoms with Gasteiger partial charge in [-0.3, -0.25) is 0 Å². The first-order valence-corrected chi connectivity index (χ1v) is 7.56. The summed E-state index contributed by atoms with van der Waals surface area (Å²) >= 11 is 0. The molecule has 1 aromatic rings. The van der Waals surface area contributed by atoms with Crippen LogP contribution in [0.4, 0.5) is 0 Å². The van der Waals surface area contributed by atoms with Crippen molar-refractivity contribution in [1.29, 1.82) is 0 Å². The van der Waals surface area contributed by atoms with Crippen LogP contribution in [0.25, 0.3) is 0 Å². The molecule has 4 heteroatoms. The lowest BCUT2D eigenvalue weighted by Crippen LogP contribution is -2.29. The minimum Gasteiger partial charge on any atom is -0.393 e. The Labute approximate surface area is 102 Å². The molecule has 3 nitrogen and oxygen atoms in total. The summed E-state index contributed by atoms with van der Waals surface area (Å²) in [6.45, 7) is 1.67. The molecule has 1 N–H and O–H groups in total. The van der Waals surface area contributed by atoms with E-state index in [1.807, 2.05) is 6.07 Å². The predicted molar refractivity (Wildman–Crippen MR) is 66.7 cm³/mol. The fraction of sp³-hybridized carbons (Fsp3) is 0.538. The molecule has 1 fully saturated rings. The quantitative estimate of drug-likeness (QED) is 0.893. The van der Waals surface area contributed by atoms with Gasteiger partial charge in [0.05, 0.1) is 16.2 Å². The third-order valence-electron chi connectivity index (χ3n) is 3.29. The van der Waals surface area contributed by atoms with Crippen LogP contribution in [-0.4, -0.2) is 24.9 Å². The van der Waals surface area contributed by atoms with E-state index in [2.05, 4.69) is 0 Å². The smallest absolute Gasteiger partial charge is 0.181 e. The molecular weight excluding hydrogens is 236 g/mol. The standard InChI is InChI=1S/C13H18O3S/c1-10(14)9-11-5-2-3-8-13(11)17(15,16)12-6-4-7-12/h2-3,5,8,10,12,14H,4,6-7,9H2,1H3. The average Bonchev–Trinajstić information content (AvgIpc) is 2.13. The van der Waals surface area contributed by atoms with Crippen LogP contribution in [0.3, 0.4) is 0 Å². The van der Waals surface area contributed by atoms with Crippen molar-refractivity contribution in [3.05, 3.63) is 29.8 Å². The van der Waals surface area contributed by atoms with Gasteiger partial charge in [0.2, 0.25) is 0 Å². The van der Waals surface area contributed by atoms with Crippen molar-refractivity contribution in [1.82, 2.24) is 0 Å². The van der Waals surface area contributed by atoms with Gasteiger partial charge in [-0.1, -0.05) is 24.6 Å². The van der Waals surface area contributed by atoms with Crippen molar-refractivity contribution in [3.8, 4) is 0 Å². The van der Waals surface area contributed by atoms with E-state index < -0.39 is 15.9 Å². The Kier molecular flexibility index (Phi) is 3.54. The van der Waals surface area contributed by atoms with Gasteiger partial charge in [-0.15, -0.1) is 0 Å². The molecule has 0 amide bonds. The van der Waals surface area contributed by atoms with Crippen molar-refractivity contribution in [2.45, 2.75) is 48.9 Å². The zero-order valence-corrected chi connectivity index (χ0v) is 10.8. The largest absolute Gasteiger partial charge is 0.393 e. The first kappa shape index (κ1) is 12.6. The Morgan fingerprint density at radius 3 is 2.53 bits per heavy atom. The van der Waals surface area contributed by atoms with Gasteiger partial charge in [0.15, 0.2) is 9.84 Å². The summed E-state index contributed by atoms with van der Waals surface area (Å²) in [5, 5.41) is 9.20. The molecule has 1 atom stereocenters. The predicted octanol–water partition coefficient (Wildman–Crippen LogP) is 1.94. The lowest BCUT2D eigenvalue weighted by Gasteiger charge is -2.26. The second kappa shape index (κ2) is 4.78. The number of benzene rings is 1. The summed E-state index contributed by atoms with van der Waals surface area (Å²) < 4.78 is 24.7. The molecule has 0 radical (unpaired) electrons. The third kappa shape index (κ3) is 2.53. The van der Waals surface area contributed by atoms with Gasteiger partial charge in [-0.05, 0) is 37.8 Å². The van der Waals surface area contributed by atoms with Crippen molar-refractivity contribution < 1.29 is 13.5 Å². The molecule has 1 aromatic carbocycles. The lowest BCUT2D eigenvalue weighted by atomic mass is 10.00. The maximum atomic E-state index is 12.3. The first-order chi connectivity index (χ1) is 8.01. The van der Waals surface area contributed by atoms with E-state index in [0.717, 1.165) is 24.8 Å². The topological polar surface area (TPSA) is 54.4 Å². The summed E-state index contributed by atoms with van der Waals surface area (Å²) in [4.78, 5) is 0.408. The molecule has 1 unspecified atom stereocenters. The van der Waals surface area contributed by atoms with Crippen LogP contribution in [0.5, 0.6) is 0 Å². The molecule has 17 heavy (non-hydrogen) atoms. The highest BCUT2D eigenvalue weighted by molar-refractivity contribution is 7.92. The molecule has 1 aliphatic rings. The van der Waals surface area contributed by atoms with Gasteiger partial charge in [0.1, 0.15) is 0 Å². The van der Waals surface area contributed by atoms with Crippen LogP contribution in [0.2, 0.25) is 0 Å². The maximum Gasteiger partial charge on any atom is 0.181 e. The zero-order valence-electron chi connectivity index (χ0n) is 9.96. The Morgan fingerprint density at radius 2 is 2.00 bits per heavy atom. The highest BCUT2D eigenvalue weighted by Crippen LogP contribution is 2.32. The maximum absolute atomic E-state index is 12.3. The fourth-order valence-corrected chi connectivity index (χ4v) is 4.23. The molecule has 0 aromatic heterocycles. The third-order valence-corrected chi connectivity index (χ3v) is 5.65. The zero-order chi connectivity index (χ0) is 12.5. The van der Waals surface area contributed by atoms with E-state index in [4.69, 9.17) is 0 Å². The monoisotopic (exact) mass is 254 g/mol. The van der Waals surface area contributed by atoms with Gasteiger partial charge in [0.25, 0.3) is 0 Å². The minimum atomic E-state index is -3.19. The van der Waals surface area contributed by atoms with E-state index >= 15 is 0 Å². The number of rotatable bonds is 4. The molecule has 94 valence electrons. The second-order valence-corrected chi connectivity index (χ2v) is 6.96. The van der Waals surface area contributed by atoms with Crippen LogP contribution >= 0.6 is 0 Å². The van der Waals surface area contributed by atoms with Crippen molar-refractivity contribution in [3.63, 3.8) is 0 Å². The first-order valence-electron chi connectivity index (χ1n) is 6.01. The van der Waals surface area contributed by atoms with Gasteiger partial charge in [-0.25, -0.2) is 8.42 Å². The Morgan fingerprint density at radius 1 is 1.35 bits per heavy atom. The molecule has 1 saturated carbocycles. The molecule has 0 aliphatic heterocycles. The summed E-state index contributed by atoms with van der Waals surface area (Å²) in [7, 11) is -3.19. The summed E-state index contributed by atoms with van der Waals surface area (Å²) in [6.07, 6.45) is 2.41. The van der Waals surface area contributed by atoms with Crippen LogP contribution in [-0.2, 0) is 16.3 Å². The Hall–Kier alpha value is -0.870. The SMILES string of the molecule is CC(O)Cc1ccccc1S(=O)(=O)C1CCC1. The van der Waals surface area contributed by atoms with Gasteiger partial charge < -0.3 is 5.11 Å². The average molecular weight is 254 g/mol. The number of aliphatic hydroxyl groups is 1. The van der Waals surface area contributed by atoms with E-state index in [-0.39, 0.29) is 5.25 Å². The molecular formula is C13H18O3S. The summed E-state index contributed by atoms with van der Waals surface area (Å²) in [5.74, 6) is 0. The van der Waals surface area contributed by atoms with Gasteiger partial charge in [0, 0.05) is 0 Å². The van der Waals surface area contributed by atoms with E-state index in [1.54, 1.807) is 25.1 Å². The molecule has 0 saturated heterocycles. The van der Waals surface area contributed by atoms with Crippen molar-refractivity contribution in [2.24, 2.45) is 0 Å². The van der Waals surface area contributed by atoms with Crippen LogP contribution < -0.4 is 0 Å². The van der Waals surface area contributed by atoms with E-state index in [1.165, 1.54) is 0 Å². The van der Waals surface area contributed by atoms with E-state index in [0.29, 0.717) is 11.3 Å². The highest BCUT2D eigenvalue weighted by Gasteiger charge is 2.33. The van der Waals surface area contributed by atoms with Gasteiger partial charge >= 0.3 is 0 Å². The number of aliphatic hydroxyl groups excluding tert-OH is 1. The van der Waals surface area contributed by atoms with E-state index in [9.17, 15) is 13.5 Å². The minimum absolute atomic E-state index is 0.211. The van der Waals surface area contributed by atoms with Crippen molar-refractivity contribution in [2.75, 3.05) is 0 Å². The van der Waals surface area contributed by atoms with Crippen LogP contribution in [0.1, 0.15) is 31.7 Å². The molecule has 0 heterocycles. The normalized spacial score (nSPS) is 18.7.